The van der Waals surface area contributed by atoms with E-state index in [1.54, 1.807) is 0 Å². The molecule has 3 nitrogen and oxygen atoms in total. The first-order chi connectivity index (χ1) is 13.6. The summed E-state index contributed by atoms with van der Waals surface area (Å²) in [5.41, 5.74) is 5.04. The number of benzene rings is 2. The van der Waals surface area contributed by atoms with Gasteiger partial charge in [0, 0.05) is 30.1 Å². The predicted molar refractivity (Wildman–Crippen MR) is 118 cm³/mol. The molecule has 0 bridgehead atoms. The highest BCUT2D eigenvalue weighted by Crippen LogP contribution is 2.32. The van der Waals surface area contributed by atoms with Gasteiger partial charge in [0.15, 0.2) is 0 Å². The molecule has 1 atom stereocenters. The van der Waals surface area contributed by atoms with E-state index in [0.717, 1.165) is 25.8 Å². The third-order valence-electron chi connectivity index (χ3n) is 5.46. The Bertz CT molecular complexity index is 895. The van der Waals surface area contributed by atoms with Gasteiger partial charge in [-0.05, 0) is 47.8 Å². The first-order valence-electron chi connectivity index (χ1n) is 10.5. The number of rotatable bonds is 9. The number of aromatic amines is 1. The van der Waals surface area contributed by atoms with E-state index in [1.165, 1.54) is 27.6 Å². The van der Waals surface area contributed by atoms with Crippen LogP contribution in [-0.4, -0.2) is 17.4 Å². The number of carbonyl (C=O) groups is 1. The molecule has 3 rings (SSSR count). The lowest BCUT2D eigenvalue weighted by atomic mass is 9.88. The number of hydrogen-bond acceptors (Lipinski definition) is 1. The summed E-state index contributed by atoms with van der Waals surface area (Å²) in [6.07, 6.45) is 5.50. The maximum atomic E-state index is 12.7. The van der Waals surface area contributed by atoms with E-state index in [-0.39, 0.29) is 11.8 Å². The molecule has 1 heterocycles. The lowest BCUT2D eigenvalue weighted by Gasteiger charge is -2.17. The SMILES string of the molecule is CCc1cccc2c(C(CC(=O)NCCC(C)C)Cc3ccccc3)c[nH]c12. The van der Waals surface area contributed by atoms with E-state index < -0.39 is 0 Å². The van der Waals surface area contributed by atoms with E-state index in [2.05, 4.69) is 79.7 Å². The van der Waals surface area contributed by atoms with Crippen LogP contribution in [0.1, 0.15) is 56.2 Å². The van der Waals surface area contributed by atoms with Crippen LogP contribution < -0.4 is 5.32 Å². The third kappa shape index (κ3) is 5.03. The van der Waals surface area contributed by atoms with Gasteiger partial charge < -0.3 is 10.3 Å². The van der Waals surface area contributed by atoms with Crippen molar-refractivity contribution in [1.29, 1.82) is 0 Å². The average molecular weight is 377 g/mol. The Balaban J connectivity index is 1.85. The summed E-state index contributed by atoms with van der Waals surface area (Å²) in [6, 6.07) is 16.9. The number of fused-ring (bicyclic) bond motifs is 1. The van der Waals surface area contributed by atoms with Gasteiger partial charge in [-0.3, -0.25) is 4.79 Å². The van der Waals surface area contributed by atoms with Gasteiger partial charge in [0.25, 0.3) is 0 Å². The highest BCUT2D eigenvalue weighted by Gasteiger charge is 2.20. The molecule has 2 aromatic carbocycles. The second-order valence-electron chi connectivity index (χ2n) is 8.06. The molecular formula is C25H32N2O. The summed E-state index contributed by atoms with van der Waals surface area (Å²) in [7, 11) is 0. The molecule has 0 saturated carbocycles. The van der Waals surface area contributed by atoms with Crippen molar-refractivity contribution in [1.82, 2.24) is 10.3 Å². The van der Waals surface area contributed by atoms with Crippen LogP contribution in [0.2, 0.25) is 0 Å². The molecule has 28 heavy (non-hydrogen) atoms. The zero-order valence-electron chi connectivity index (χ0n) is 17.3. The molecule has 0 aliphatic carbocycles. The lowest BCUT2D eigenvalue weighted by Crippen LogP contribution is -2.27. The highest BCUT2D eigenvalue weighted by molar-refractivity contribution is 5.87. The van der Waals surface area contributed by atoms with E-state index in [1.807, 2.05) is 6.07 Å². The minimum absolute atomic E-state index is 0.141. The minimum Gasteiger partial charge on any atom is -0.361 e. The lowest BCUT2D eigenvalue weighted by molar-refractivity contribution is -0.121. The van der Waals surface area contributed by atoms with Crippen LogP contribution in [0.4, 0.5) is 0 Å². The van der Waals surface area contributed by atoms with Gasteiger partial charge in [-0.1, -0.05) is 69.3 Å². The number of hydrogen-bond donors (Lipinski definition) is 2. The van der Waals surface area contributed by atoms with Gasteiger partial charge in [0.1, 0.15) is 0 Å². The van der Waals surface area contributed by atoms with Crippen molar-refractivity contribution < 1.29 is 4.79 Å². The molecule has 0 spiro atoms. The first-order valence-corrected chi connectivity index (χ1v) is 10.5. The van der Waals surface area contributed by atoms with Gasteiger partial charge >= 0.3 is 0 Å². The largest absolute Gasteiger partial charge is 0.361 e. The summed E-state index contributed by atoms with van der Waals surface area (Å²) in [4.78, 5) is 16.1. The van der Waals surface area contributed by atoms with Crippen LogP contribution in [0, 0.1) is 5.92 Å². The number of amides is 1. The molecule has 2 N–H and O–H groups in total. The van der Waals surface area contributed by atoms with Gasteiger partial charge in [0.2, 0.25) is 5.91 Å². The van der Waals surface area contributed by atoms with Crippen molar-refractivity contribution in [2.45, 2.75) is 52.4 Å². The molecule has 3 aromatic rings. The van der Waals surface area contributed by atoms with Crippen LogP contribution >= 0.6 is 0 Å². The van der Waals surface area contributed by atoms with Gasteiger partial charge in [-0.15, -0.1) is 0 Å². The smallest absolute Gasteiger partial charge is 0.220 e. The van der Waals surface area contributed by atoms with Crippen LogP contribution in [-0.2, 0) is 17.6 Å². The molecular weight excluding hydrogens is 344 g/mol. The molecule has 1 amide bonds. The maximum absolute atomic E-state index is 12.7. The minimum atomic E-state index is 0.141. The Hall–Kier alpha value is -2.55. The molecule has 3 heteroatoms. The average Bonchev–Trinajstić information content (AvgIpc) is 3.12. The van der Waals surface area contributed by atoms with Crippen molar-refractivity contribution in [3.05, 3.63) is 71.4 Å². The van der Waals surface area contributed by atoms with E-state index in [0.29, 0.717) is 12.3 Å². The molecule has 0 fully saturated rings. The van der Waals surface area contributed by atoms with Crippen LogP contribution in [0.15, 0.2) is 54.7 Å². The molecule has 0 aliphatic rings. The van der Waals surface area contributed by atoms with Crippen LogP contribution in [0.3, 0.4) is 0 Å². The van der Waals surface area contributed by atoms with Crippen molar-refractivity contribution >= 4 is 16.8 Å². The number of H-pyrrole nitrogens is 1. The van der Waals surface area contributed by atoms with Crippen molar-refractivity contribution in [3.8, 4) is 0 Å². The summed E-state index contributed by atoms with van der Waals surface area (Å²) in [5.74, 6) is 0.895. The molecule has 0 saturated heterocycles. The first kappa shape index (κ1) is 20.2. The summed E-state index contributed by atoms with van der Waals surface area (Å²) in [5, 5.41) is 4.36. The number of aryl methyl sites for hydroxylation is 1. The fraction of sp³-hybridized carbons (Fsp3) is 0.400. The Morgan fingerprint density at radius 1 is 1.07 bits per heavy atom. The second kappa shape index (κ2) is 9.59. The molecule has 148 valence electrons. The second-order valence-corrected chi connectivity index (χ2v) is 8.06. The predicted octanol–water partition coefficient (Wildman–Crippen LogP) is 5.61. The molecule has 0 radical (unpaired) electrons. The van der Waals surface area contributed by atoms with Crippen LogP contribution in [0.25, 0.3) is 10.9 Å². The van der Waals surface area contributed by atoms with E-state index in [9.17, 15) is 4.79 Å². The highest BCUT2D eigenvalue weighted by atomic mass is 16.1. The summed E-state index contributed by atoms with van der Waals surface area (Å²) < 4.78 is 0. The standard InChI is InChI=1S/C25H32N2O/c1-4-20-11-8-12-22-23(17-27-25(20)22)21(15-19-9-6-5-7-10-19)16-24(28)26-14-13-18(2)3/h5-12,17-18,21,27H,4,13-16H2,1-3H3,(H,26,28). The third-order valence-corrected chi connectivity index (χ3v) is 5.46. The van der Waals surface area contributed by atoms with Gasteiger partial charge in [0.05, 0.1) is 0 Å². The maximum Gasteiger partial charge on any atom is 0.220 e. The van der Waals surface area contributed by atoms with Crippen molar-refractivity contribution in [2.24, 2.45) is 5.92 Å². The summed E-state index contributed by atoms with van der Waals surface area (Å²) in [6.45, 7) is 7.30. The van der Waals surface area contributed by atoms with Crippen LogP contribution in [0.5, 0.6) is 0 Å². The quantitative estimate of drug-likeness (QED) is 0.501. The fourth-order valence-corrected chi connectivity index (χ4v) is 3.86. The summed E-state index contributed by atoms with van der Waals surface area (Å²) >= 11 is 0. The Kier molecular flexibility index (Phi) is 6.91. The number of para-hydroxylation sites is 1. The van der Waals surface area contributed by atoms with E-state index >= 15 is 0 Å². The Labute approximate surface area is 168 Å². The number of carbonyl (C=O) groups excluding carboxylic acids is 1. The fourth-order valence-electron chi connectivity index (χ4n) is 3.86. The zero-order chi connectivity index (χ0) is 19.9. The van der Waals surface area contributed by atoms with Gasteiger partial charge in [-0.2, -0.15) is 0 Å². The van der Waals surface area contributed by atoms with Crippen molar-refractivity contribution in [3.63, 3.8) is 0 Å². The topological polar surface area (TPSA) is 44.9 Å². The number of aromatic nitrogens is 1. The molecule has 1 aromatic heterocycles. The Morgan fingerprint density at radius 2 is 1.86 bits per heavy atom. The number of nitrogens with one attached hydrogen (secondary N) is 2. The van der Waals surface area contributed by atoms with Crippen molar-refractivity contribution in [2.75, 3.05) is 6.54 Å². The Morgan fingerprint density at radius 3 is 2.57 bits per heavy atom. The van der Waals surface area contributed by atoms with E-state index in [4.69, 9.17) is 0 Å². The normalized spacial score (nSPS) is 12.4. The monoisotopic (exact) mass is 376 g/mol. The molecule has 1 unspecified atom stereocenters. The van der Waals surface area contributed by atoms with Gasteiger partial charge in [-0.25, -0.2) is 0 Å². The zero-order valence-corrected chi connectivity index (χ0v) is 17.3. The molecule has 0 aliphatic heterocycles.